The zero-order chi connectivity index (χ0) is 20.4. The number of likely N-dealkylation sites (tertiary alicyclic amines) is 1. The number of pyridine rings is 2. The van der Waals surface area contributed by atoms with Gasteiger partial charge < -0.3 is 10.2 Å². The van der Waals surface area contributed by atoms with Gasteiger partial charge in [0.1, 0.15) is 11.6 Å². The summed E-state index contributed by atoms with van der Waals surface area (Å²) < 4.78 is 14.0. The second kappa shape index (κ2) is 7.95. The molecule has 148 valence electrons. The van der Waals surface area contributed by atoms with Crippen LogP contribution in [-0.4, -0.2) is 39.8 Å². The van der Waals surface area contributed by atoms with Crippen LogP contribution >= 0.6 is 0 Å². The highest BCUT2D eigenvalue weighted by Gasteiger charge is 2.30. The Hall–Kier alpha value is -3.35. The summed E-state index contributed by atoms with van der Waals surface area (Å²) in [4.78, 5) is 35.8. The fourth-order valence-electron chi connectivity index (χ4n) is 3.63. The molecule has 0 spiro atoms. The van der Waals surface area contributed by atoms with E-state index < -0.39 is 5.82 Å². The Labute approximate surface area is 167 Å². The first kappa shape index (κ1) is 19.0. The number of benzene rings is 1. The van der Waals surface area contributed by atoms with E-state index in [9.17, 15) is 14.0 Å². The summed E-state index contributed by atoms with van der Waals surface area (Å²) in [6, 6.07) is 9.64. The van der Waals surface area contributed by atoms with Crippen LogP contribution in [0.25, 0.3) is 10.9 Å². The monoisotopic (exact) mass is 392 g/mol. The van der Waals surface area contributed by atoms with E-state index in [4.69, 9.17) is 0 Å². The molecule has 1 saturated heterocycles. The minimum absolute atomic E-state index is 0.166. The van der Waals surface area contributed by atoms with Crippen molar-refractivity contribution >= 4 is 28.5 Å². The summed E-state index contributed by atoms with van der Waals surface area (Å²) in [5.74, 6) is -0.807. The number of hydrogen-bond acceptors (Lipinski definition) is 4. The molecular formula is C22H21FN4O2. The van der Waals surface area contributed by atoms with Crippen molar-refractivity contribution < 1.29 is 14.0 Å². The second-order valence-electron chi connectivity index (χ2n) is 7.33. The lowest BCUT2D eigenvalue weighted by molar-refractivity contribution is -0.121. The largest absolute Gasteiger partial charge is 0.338 e. The first-order valence-corrected chi connectivity index (χ1v) is 9.58. The molecule has 1 aliphatic heterocycles. The first-order chi connectivity index (χ1) is 14.0. The molecule has 1 aromatic carbocycles. The third-order valence-electron chi connectivity index (χ3n) is 5.14. The van der Waals surface area contributed by atoms with Gasteiger partial charge in [-0.15, -0.1) is 0 Å². The van der Waals surface area contributed by atoms with Gasteiger partial charge in [-0.05, 0) is 49.6 Å². The SMILES string of the molecule is Cc1ccc(NC(=O)[C@@H]2CCCN(C(=O)c3cc(F)cc4cccnc34)C2)nc1. The van der Waals surface area contributed by atoms with Crippen LogP contribution in [0.1, 0.15) is 28.8 Å². The van der Waals surface area contributed by atoms with Crippen molar-refractivity contribution in [3.05, 3.63) is 65.7 Å². The highest BCUT2D eigenvalue weighted by molar-refractivity contribution is 6.05. The minimum Gasteiger partial charge on any atom is -0.338 e. The zero-order valence-electron chi connectivity index (χ0n) is 16.1. The third kappa shape index (κ3) is 4.08. The normalized spacial score (nSPS) is 16.6. The molecule has 1 fully saturated rings. The van der Waals surface area contributed by atoms with Crippen molar-refractivity contribution in [3.63, 3.8) is 0 Å². The van der Waals surface area contributed by atoms with Crippen molar-refractivity contribution in [3.8, 4) is 0 Å². The van der Waals surface area contributed by atoms with E-state index in [0.717, 1.165) is 5.56 Å². The van der Waals surface area contributed by atoms with Gasteiger partial charge in [-0.3, -0.25) is 14.6 Å². The molecular weight excluding hydrogens is 371 g/mol. The minimum atomic E-state index is -0.481. The highest BCUT2D eigenvalue weighted by atomic mass is 19.1. The number of carbonyl (C=O) groups excluding carboxylic acids is 2. The standard InChI is InChI=1S/C22H21FN4O2/c1-14-6-7-19(25-12-14)26-21(28)16-5-3-9-27(13-16)22(29)18-11-17(23)10-15-4-2-8-24-20(15)18/h2,4,6-8,10-12,16H,3,5,9,13H2,1H3,(H,25,26,28)/t16-/m1/s1. The molecule has 6 nitrogen and oxygen atoms in total. The number of halogens is 1. The summed E-state index contributed by atoms with van der Waals surface area (Å²) in [5, 5.41) is 3.39. The van der Waals surface area contributed by atoms with Crippen LogP contribution in [0.2, 0.25) is 0 Å². The quantitative estimate of drug-likeness (QED) is 0.739. The Bertz CT molecular complexity index is 1070. The Morgan fingerprint density at radius 2 is 2.07 bits per heavy atom. The lowest BCUT2D eigenvalue weighted by Gasteiger charge is -2.32. The van der Waals surface area contributed by atoms with E-state index in [1.807, 2.05) is 13.0 Å². The summed E-state index contributed by atoms with van der Waals surface area (Å²) in [6.07, 6.45) is 4.65. The Balaban J connectivity index is 1.52. The fraction of sp³-hybridized carbons (Fsp3) is 0.273. The summed E-state index contributed by atoms with van der Waals surface area (Å²) in [5.41, 5.74) is 1.70. The smallest absolute Gasteiger partial charge is 0.256 e. The van der Waals surface area contributed by atoms with Gasteiger partial charge in [0.15, 0.2) is 0 Å². The van der Waals surface area contributed by atoms with Gasteiger partial charge in [0, 0.05) is 30.9 Å². The number of nitrogens with one attached hydrogen (secondary N) is 1. The van der Waals surface area contributed by atoms with Gasteiger partial charge >= 0.3 is 0 Å². The van der Waals surface area contributed by atoms with E-state index in [2.05, 4.69) is 15.3 Å². The summed E-state index contributed by atoms with van der Waals surface area (Å²) >= 11 is 0. The van der Waals surface area contributed by atoms with Crippen LogP contribution in [0.4, 0.5) is 10.2 Å². The number of rotatable bonds is 3. The van der Waals surface area contributed by atoms with Crippen molar-refractivity contribution in [1.29, 1.82) is 0 Å². The molecule has 7 heteroatoms. The maximum atomic E-state index is 14.0. The molecule has 1 atom stereocenters. The number of carbonyl (C=O) groups is 2. The van der Waals surface area contributed by atoms with Gasteiger partial charge in [-0.1, -0.05) is 12.1 Å². The van der Waals surface area contributed by atoms with Crippen molar-refractivity contribution in [1.82, 2.24) is 14.9 Å². The van der Waals surface area contributed by atoms with E-state index >= 15 is 0 Å². The molecule has 1 aliphatic rings. The maximum absolute atomic E-state index is 14.0. The van der Waals surface area contributed by atoms with Crippen LogP contribution in [0.3, 0.4) is 0 Å². The fourth-order valence-corrected chi connectivity index (χ4v) is 3.63. The predicted molar refractivity (Wildman–Crippen MR) is 108 cm³/mol. The molecule has 0 unspecified atom stereocenters. The lowest BCUT2D eigenvalue weighted by atomic mass is 9.96. The van der Waals surface area contributed by atoms with Crippen molar-refractivity contribution in [2.24, 2.45) is 5.92 Å². The van der Waals surface area contributed by atoms with Gasteiger partial charge in [-0.2, -0.15) is 0 Å². The van der Waals surface area contributed by atoms with Crippen LogP contribution in [0.15, 0.2) is 48.8 Å². The number of aromatic nitrogens is 2. The number of hydrogen-bond donors (Lipinski definition) is 1. The average molecular weight is 392 g/mol. The van der Waals surface area contributed by atoms with Gasteiger partial charge in [0.2, 0.25) is 5.91 Å². The molecule has 0 bridgehead atoms. The number of nitrogens with zero attached hydrogens (tertiary/aromatic N) is 3. The Morgan fingerprint density at radius 1 is 1.21 bits per heavy atom. The van der Waals surface area contributed by atoms with Crippen molar-refractivity contribution in [2.75, 3.05) is 18.4 Å². The van der Waals surface area contributed by atoms with Gasteiger partial charge in [0.05, 0.1) is 17.0 Å². The third-order valence-corrected chi connectivity index (χ3v) is 5.14. The van der Waals surface area contributed by atoms with E-state index in [0.29, 0.717) is 36.1 Å². The predicted octanol–water partition coefficient (Wildman–Crippen LogP) is 3.57. The van der Waals surface area contributed by atoms with Crippen molar-refractivity contribution in [2.45, 2.75) is 19.8 Å². The molecule has 2 amide bonds. The van der Waals surface area contributed by atoms with Gasteiger partial charge in [-0.25, -0.2) is 9.37 Å². The second-order valence-corrected chi connectivity index (χ2v) is 7.33. The van der Waals surface area contributed by atoms with Gasteiger partial charge in [0.25, 0.3) is 5.91 Å². The van der Waals surface area contributed by atoms with E-state index in [1.165, 1.54) is 12.1 Å². The van der Waals surface area contributed by atoms with Crippen LogP contribution in [0, 0.1) is 18.7 Å². The zero-order valence-corrected chi connectivity index (χ0v) is 16.1. The molecule has 3 heterocycles. The average Bonchev–Trinajstić information content (AvgIpc) is 2.74. The molecule has 29 heavy (non-hydrogen) atoms. The molecule has 3 aromatic rings. The van der Waals surface area contributed by atoms with Crippen LogP contribution in [0.5, 0.6) is 0 Å². The lowest BCUT2D eigenvalue weighted by Crippen LogP contribution is -2.44. The molecule has 2 aromatic heterocycles. The van der Waals surface area contributed by atoms with E-state index in [-0.39, 0.29) is 29.8 Å². The van der Waals surface area contributed by atoms with Crippen LogP contribution < -0.4 is 5.32 Å². The number of aryl methyl sites for hydroxylation is 1. The topological polar surface area (TPSA) is 75.2 Å². The highest BCUT2D eigenvalue weighted by Crippen LogP contribution is 2.24. The first-order valence-electron chi connectivity index (χ1n) is 9.58. The van der Waals surface area contributed by atoms with E-state index in [1.54, 1.807) is 35.5 Å². The molecule has 0 radical (unpaired) electrons. The Kier molecular flexibility index (Phi) is 5.20. The molecule has 4 rings (SSSR count). The molecule has 0 aliphatic carbocycles. The summed E-state index contributed by atoms with van der Waals surface area (Å²) in [6.45, 7) is 2.73. The maximum Gasteiger partial charge on any atom is 0.256 e. The molecule has 1 N–H and O–H groups in total. The Morgan fingerprint density at radius 3 is 2.86 bits per heavy atom. The number of fused-ring (bicyclic) bond motifs is 1. The number of piperidine rings is 1. The number of amides is 2. The summed E-state index contributed by atoms with van der Waals surface area (Å²) in [7, 11) is 0. The molecule has 0 saturated carbocycles. The number of anilines is 1. The van der Waals surface area contributed by atoms with Crippen LogP contribution in [-0.2, 0) is 4.79 Å².